The quantitative estimate of drug-likeness (QED) is 0.674. The molecule has 1 saturated heterocycles. The molecule has 0 bridgehead atoms. The summed E-state index contributed by atoms with van der Waals surface area (Å²) in [7, 11) is 0. The fraction of sp³-hybridized carbons (Fsp3) is 0.800. The van der Waals surface area contributed by atoms with Crippen LogP contribution in [0.25, 0.3) is 0 Å². The van der Waals surface area contributed by atoms with E-state index in [0.29, 0.717) is 13.1 Å². The maximum atomic E-state index is 11.8. The Morgan fingerprint density at radius 1 is 1.60 bits per heavy atom. The minimum Gasteiger partial charge on any atom is -0.481 e. The highest BCUT2D eigenvalue weighted by molar-refractivity contribution is 5.83. The molecule has 1 fully saturated rings. The molecule has 5 heteroatoms. The van der Waals surface area contributed by atoms with Crippen LogP contribution < -0.4 is 5.32 Å². The first-order valence-electron chi connectivity index (χ1n) is 5.20. The van der Waals surface area contributed by atoms with Crippen LogP contribution in [-0.2, 0) is 9.59 Å². The second-order valence-electron chi connectivity index (χ2n) is 4.25. The molecule has 15 heavy (non-hydrogen) atoms. The number of nitrogens with zero attached hydrogens (tertiary/aromatic N) is 1. The van der Waals surface area contributed by atoms with E-state index < -0.39 is 11.9 Å². The van der Waals surface area contributed by atoms with Crippen molar-refractivity contribution in [2.75, 3.05) is 13.1 Å². The molecule has 5 nitrogen and oxygen atoms in total. The average Bonchev–Trinajstić information content (AvgIpc) is 2.28. The molecule has 86 valence electrons. The molecule has 0 aromatic rings. The summed E-state index contributed by atoms with van der Waals surface area (Å²) in [6.07, 6.45) is 0. The number of rotatable bonds is 2. The van der Waals surface area contributed by atoms with Gasteiger partial charge in [-0.2, -0.15) is 0 Å². The average molecular weight is 214 g/mol. The number of amides is 1. The lowest BCUT2D eigenvalue weighted by Gasteiger charge is -2.27. The van der Waals surface area contributed by atoms with Gasteiger partial charge in [0.1, 0.15) is 0 Å². The highest BCUT2D eigenvalue weighted by atomic mass is 16.4. The summed E-state index contributed by atoms with van der Waals surface area (Å²) in [6.45, 7) is 6.21. The van der Waals surface area contributed by atoms with Crippen molar-refractivity contribution in [3.8, 4) is 0 Å². The summed E-state index contributed by atoms with van der Waals surface area (Å²) in [5.41, 5.74) is 0. The molecule has 0 aromatic carbocycles. The normalized spacial score (nSPS) is 28.0. The third-order valence-electron chi connectivity index (χ3n) is 2.71. The van der Waals surface area contributed by atoms with E-state index in [0.717, 1.165) is 0 Å². The molecule has 0 saturated carbocycles. The molecule has 0 spiro atoms. The summed E-state index contributed by atoms with van der Waals surface area (Å²) < 4.78 is 0. The van der Waals surface area contributed by atoms with E-state index in [4.69, 9.17) is 5.11 Å². The van der Waals surface area contributed by atoms with Gasteiger partial charge in [0.05, 0.1) is 12.0 Å². The second kappa shape index (κ2) is 4.61. The smallest absolute Gasteiger partial charge is 0.309 e. The summed E-state index contributed by atoms with van der Waals surface area (Å²) >= 11 is 0. The number of carboxylic acid groups (broad SMARTS) is 1. The van der Waals surface area contributed by atoms with Gasteiger partial charge in [0.2, 0.25) is 5.91 Å². The zero-order chi connectivity index (χ0) is 11.6. The standard InChI is InChI=1S/C10H18N2O3/c1-6(2)12-5-8(10(14)15)4-11-7(3)9(12)13/h6-8,11H,4-5H2,1-3H3,(H,14,15). The lowest BCUT2D eigenvalue weighted by atomic mass is 10.1. The highest BCUT2D eigenvalue weighted by Gasteiger charge is 2.32. The minimum atomic E-state index is -0.852. The highest BCUT2D eigenvalue weighted by Crippen LogP contribution is 2.11. The number of carbonyl (C=O) groups is 2. The monoisotopic (exact) mass is 214 g/mol. The van der Waals surface area contributed by atoms with E-state index in [-0.39, 0.29) is 18.0 Å². The minimum absolute atomic E-state index is 0.0197. The Kier molecular flexibility index (Phi) is 3.68. The third-order valence-corrected chi connectivity index (χ3v) is 2.71. The van der Waals surface area contributed by atoms with Crippen molar-refractivity contribution in [2.45, 2.75) is 32.9 Å². The molecule has 2 unspecified atom stereocenters. The van der Waals surface area contributed by atoms with Crippen molar-refractivity contribution in [2.24, 2.45) is 5.92 Å². The zero-order valence-corrected chi connectivity index (χ0v) is 9.36. The topological polar surface area (TPSA) is 69.6 Å². The molecule has 1 aliphatic rings. The number of hydrogen-bond acceptors (Lipinski definition) is 3. The van der Waals surface area contributed by atoms with Gasteiger partial charge >= 0.3 is 5.97 Å². The van der Waals surface area contributed by atoms with Crippen molar-refractivity contribution in [3.05, 3.63) is 0 Å². The molecule has 1 heterocycles. The number of nitrogens with one attached hydrogen (secondary N) is 1. The largest absolute Gasteiger partial charge is 0.481 e. The SMILES string of the molecule is CC1NCC(C(=O)O)CN(C(C)C)C1=O. The maximum Gasteiger partial charge on any atom is 0.309 e. The molecular weight excluding hydrogens is 196 g/mol. The van der Waals surface area contributed by atoms with Crippen molar-refractivity contribution >= 4 is 11.9 Å². The van der Waals surface area contributed by atoms with Crippen LogP contribution in [0.15, 0.2) is 0 Å². The Balaban J connectivity index is 2.82. The predicted octanol–water partition coefficient (Wildman–Crippen LogP) is -0.0841. The first-order valence-corrected chi connectivity index (χ1v) is 5.20. The number of aliphatic carboxylic acids is 1. The Bertz CT molecular complexity index is 265. The Morgan fingerprint density at radius 3 is 2.67 bits per heavy atom. The molecule has 1 amide bonds. The molecule has 1 aliphatic heterocycles. The van der Waals surface area contributed by atoms with Crippen molar-refractivity contribution < 1.29 is 14.7 Å². The number of hydrogen-bond donors (Lipinski definition) is 2. The van der Waals surface area contributed by atoms with Crippen LogP contribution in [0.5, 0.6) is 0 Å². The third kappa shape index (κ3) is 2.68. The summed E-state index contributed by atoms with van der Waals surface area (Å²) in [4.78, 5) is 24.4. The molecule has 2 N–H and O–H groups in total. The van der Waals surface area contributed by atoms with E-state index in [1.807, 2.05) is 13.8 Å². The van der Waals surface area contributed by atoms with Gasteiger partial charge in [0, 0.05) is 19.1 Å². The van der Waals surface area contributed by atoms with Crippen LogP contribution in [0.2, 0.25) is 0 Å². The van der Waals surface area contributed by atoms with Gasteiger partial charge in [-0.25, -0.2) is 0 Å². The van der Waals surface area contributed by atoms with Crippen LogP contribution in [-0.4, -0.2) is 47.1 Å². The summed E-state index contributed by atoms with van der Waals surface area (Å²) in [6, 6.07) is -0.251. The molecule has 0 aromatic heterocycles. The predicted molar refractivity (Wildman–Crippen MR) is 55.4 cm³/mol. The van der Waals surface area contributed by atoms with Gasteiger partial charge in [-0.15, -0.1) is 0 Å². The first kappa shape index (κ1) is 12.0. The fourth-order valence-electron chi connectivity index (χ4n) is 1.68. The Morgan fingerprint density at radius 2 is 2.20 bits per heavy atom. The van der Waals surface area contributed by atoms with Gasteiger partial charge in [0.25, 0.3) is 0 Å². The Labute approximate surface area is 89.4 Å². The second-order valence-corrected chi connectivity index (χ2v) is 4.25. The van der Waals surface area contributed by atoms with E-state index in [1.54, 1.807) is 11.8 Å². The van der Waals surface area contributed by atoms with Crippen molar-refractivity contribution in [1.29, 1.82) is 0 Å². The summed E-state index contributed by atoms with van der Waals surface area (Å²) in [5.74, 6) is -1.38. The van der Waals surface area contributed by atoms with Gasteiger partial charge in [-0.05, 0) is 20.8 Å². The van der Waals surface area contributed by atoms with E-state index in [1.165, 1.54) is 0 Å². The Hall–Kier alpha value is -1.10. The number of carboxylic acids is 1. The molecule has 1 rings (SSSR count). The molecule has 0 radical (unpaired) electrons. The maximum absolute atomic E-state index is 11.8. The van der Waals surface area contributed by atoms with Crippen LogP contribution in [0, 0.1) is 5.92 Å². The van der Waals surface area contributed by atoms with Gasteiger partial charge in [-0.3, -0.25) is 9.59 Å². The van der Waals surface area contributed by atoms with Crippen LogP contribution in [0.1, 0.15) is 20.8 Å². The van der Waals surface area contributed by atoms with Gasteiger partial charge in [-0.1, -0.05) is 0 Å². The van der Waals surface area contributed by atoms with Crippen molar-refractivity contribution in [1.82, 2.24) is 10.2 Å². The molecular formula is C10H18N2O3. The van der Waals surface area contributed by atoms with E-state index >= 15 is 0 Å². The zero-order valence-electron chi connectivity index (χ0n) is 9.36. The van der Waals surface area contributed by atoms with Gasteiger partial charge < -0.3 is 15.3 Å². The lowest BCUT2D eigenvalue weighted by Crippen LogP contribution is -2.45. The first-order chi connectivity index (χ1) is 6.93. The lowest BCUT2D eigenvalue weighted by molar-refractivity contribution is -0.143. The summed E-state index contributed by atoms with van der Waals surface area (Å²) in [5, 5.41) is 11.9. The molecule has 0 aliphatic carbocycles. The van der Waals surface area contributed by atoms with Crippen LogP contribution in [0.3, 0.4) is 0 Å². The van der Waals surface area contributed by atoms with E-state index in [2.05, 4.69) is 5.32 Å². The fourth-order valence-corrected chi connectivity index (χ4v) is 1.68. The van der Waals surface area contributed by atoms with Crippen molar-refractivity contribution in [3.63, 3.8) is 0 Å². The molecule has 2 atom stereocenters. The van der Waals surface area contributed by atoms with Crippen LogP contribution >= 0.6 is 0 Å². The van der Waals surface area contributed by atoms with E-state index in [9.17, 15) is 9.59 Å². The van der Waals surface area contributed by atoms with Gasteiger partial charge in [0.15, 0.2) is 0 Å². The number of carbonyl (C=O) groups excluding carboxylic acids is 1. The van der Waals surface area contributed by atoms with Crippen LogP contribution in [0.4, 0.5) is 0 Å².